The molecule has 1 unspecified atom stereocenters. The fraction of sp³-hybridized carbons (Fsp3) is 0.765. The largest absolute Gasteiger partial charge is 0.480 e. The molecule has 2 N–H and O–H groups in total. The molecule has 2 aliphatic carbocycles. The smallest absolute Gasteiger partial charge is 0.317 e. The molecule has 1 amide bonds. The number of carbonyl (C=O) groups excluding carboxylic acids is 1. The van der Waals surface area contributed by atoms with Gasteiger partial charge in [-0.25, -0.2) is 0 Å². The monoisotopic (exact) mass is 308 g/mol. The van der Waals surface area contributed by atoms with Gasteiger partial charge in [0, 0.05) is 24.5 Å². The lowest BCUT2D eigenvalue weighted by Gasteiger charge is -2.43. The first-order chi connectivity index (χ1) is 10.3. The van der Waals surface area contributed by atoms with Gasteiger partial charge in [-0.15, -0.1) is 6.58 Å². The Morgan fingerprint density at radius 1 is 1.36 bits per heavy atom. The Hall–Kier alpha value is -1.36. The summed E-state index contributed by atoms with van der Waals surface area (Å²) in [6.45, 7) is 8.71. The number of carboxylic acid groups (broad SMARTS) is 1. The molecule has 22 heavy (non-hydrogen) atoms. The Morgan fingerprint density at radius 2 is 2.00 bits per heavy atom. The number of hydrogen-bond acceptors (Lipinski definition) is 3. The third-order valence-corrected chi connectivity index (χ3v) is 4.61. The van der Waals surface area contributed by atoms with Crippen LogP contribution in [0.15, 0.2) is 12.2 Å². The number of rotatable bonds is 9. The van der Waals surface area contributed by atoms with Gasteiger partial charge in [-0.3, -0.25) is 14.5 Å². The van der Waals surface area contributed by atoms with Crippen molar-refractivity contribution < 1.29 is 14.7 Å². The summed E-state index contributed by atoms with van der Waals surface area (Å²) in [6, 6.07) is 0.499. The minimum Gasteiger partial charge on any atom is -0.480 e. The SMILES string of the molecule is C=C(C)CC(C)C(=O)NC1CC(N(CC(=O)O)CC2CC2)C1. The molecule has 124 valence electrons. The van der Waals surface area contributed by atoms with Crippen LogP contribution in [-0.4, -0.2) is 47.1 Å². The summed E-state index contributed by atoms with van der Waals surface area (Å²) in [5, 5.41) is 12.1. The van der Waals surface area contributed by atoms with Crippen molar-refractivity contribution in [3.63, 3.8) is 0 Å². The van der Waals surface area contributed by atoms with Gasteiger partial charge in [0.1, 0.15) is 0 Å². The maximum Gasteiger partial charge on any atom is 0.317 e. The van der Waals surface area contributed by atoms with Crippen LogP contribution in [0.1, 0.15) is 46.0 Å². The summed E-state index contributed by atoms with van der Waals surface area (Å²) in [7, 11) is 0. The van der Waals surface area contributed by atoms with Crippen molar-refractivity contribution in [3.8, 4) is 0 Å². The van der Waals surface area contributed by atoms with Gasteiger partial charge in [0.05, 0.1) is 6.54 Å². The molecule has 0 aromatic rings. The van der Waals surface area contributed by atoms with Gasteiger partial charge in [-0.2, -0.15) is 0 Å². The predicted molar refractivity (Wildman–Crippen MR) is 85.5 cm³/mol. The second-order valence-corrected chi connectivity index (χ2v) is 7.16. The Bertz CT molecular complexity index is 439. The normalized spacial score (nSPS) is 25.4. The molecule has 5 nitrogen and oxygen atoms in total. The average molecular weight is 308 g/mol. The quantitative estimate of drug-likeness (QED) is 0.640. The highest BCUT2D eigenvalue weighted by Crippen LogP contribution is 2.33. The van der Waals surface area contributed by atoms with Crippen molar-refractivity contribution in [3.05, 3.63) is 12.2 Å². The molecule has 0 aliphatic heterocycles. The van der Waals surface area contributed by atoms with Crippen molar-refractivity contribution in [2.45, 2.75) is 58.0 Å². The van der Waals surface area contributed by atoms with Gasteiger partial charge in [-0.05, 0) is 44.9 Å². The van der Waals surface area contributed by atoms with E-state index in [0.29, 0.717) is 12.0 Å². The lowest BCUT2D eigenvalue weighted by Crippen LogP contribution is -2.55. The summed E-state index contributed by atoms with van der Waals surface area (Å²) in [4.78, 5) is 25.1. The number of amides is 1. The molecule has 0 spiro atoms. The maximum absolute atomic E-state index is 12.1. The number of carboxylic acids is 1. The molecule has 1 atom stereocenters. The topological polar surface area (TPSA) is 69.6 Å². The molecule has 0 heterocycles. The van der Waals surface area contributed by atoms with Crippen LogP contribution in [0, 0.1) is 11.8 Å². The Kier molecular flexibility index (Phi) is 5.62. The number of nitrogens with zero attached hydrogens (tertiary/aromatic N) is 1. The first-order valence-corrected chi connectivity index (χ1v) is 8.25. The highest BCUT2D eigenvalue weighted by Gasteiger charge is 2.38. The highest BCUT2D eigenvalue weighted by molar-refractivity contribution is 5.79. The van der Waals surface area contributed by atoms with E-state index in [2.05, 4.69) is 16.8 Å². The summed E-state index contributed by atoms with van der Waals surface area (Å²) in [5.74, 6) is -0.0386. The van der Waals surface area contributed by atoms with Crippen LogP contribution in [0.3, 0.4) is 0 Å². The molecule has 0 aromatic carbocycles. The van der Waals surface area contributed by atoms with Crippen LogP contribution in [0.25, 0.3) is 0 Å². The molecule has 0 aromatic heterocycles. The minimum absolute atomic E-state index is 0.0434. The molecule has 2 rings (SSSR count). The van der Waals surface area contributed by atoms with E-state index in [1.165, 1.54) is 12.8 Å². The van der Waals surface area contributed by atoms with E-state index >= 15 is 0 Å². The molecule has 0 saturated heterocycles. The first-order valence-electron chi connectivity index (χ1n) is 8.25. The average Bonchev–Trinajstić information content (AvgIpc) is 3.14. The lowest BCUT2D eigenvalue weighted by atomic mass is 9.84. The Balaban J connectivity index is 1.73. The Labute approximate surface area is 132 Å². The standard InChI is InChI=1S/C17H28N2O3/c1-11(2)6-12(3)17(22)18-14-7-15(8-14)19(10-16(20)21)9-13-4-5-13/h12-15H,1,4-10H2,2-3H3,(H,18,22)(H,20,21). The third kappa shape index (κ3) is 5.13. The van der Waals surface area contributed by atoms with Crippen molar-refractivity contribution in [2.24, 2.45) is 11.8 Å². The predicted octanol–water partition coefficient (Wildman–Crippen LogP) is 2.03. The molecule has 2 fully saturated rings. The van der Waals surface area contributed by atoms with E-state index in [4.69, 9.17) is 5.11 Å². The van der Waals surface area contributed by atoms with Crippen molar-refractivity contribution >= 4 is 11.9 Å². The summed E-state index contributed by atoms with van der Waals surface area (Å²) >= 11 is 0. The zero-order chi connectivity index (χ0) is 16.3. The summed E-state index contributed by atoms with van der Waals surface area (Å²) < 4.78 is 0. The first kappa shape index (κ1) is 17.0. The Morgan fingerprint density at radius 3 is 2.50 bits per heavy atom. The van der Waals surface area contributed by atoms with Crippen LogP contribution < -0.4 is 5.32 Å². The van der Waals surface area contributed by atoms with Crippen LogP contribution in [0.2, 0.25) is 0 Å². The van der Waals surface area contributed by atoms with Gasteiger partial charge >= 0.3 is 5.97 Å². The van der Waals surface area contributed by atoms with Gasteiger partial charge in [-0.1, -0.05) is 12.5 Å². The summed E-state index contributed by atoms with van der Waals surface area (Å²) in [6.07, 6.45) is 4.90. The third-order valence-electron chi connectivity index (χ3n) is 4.61. The zero-order valence-corrected chi connectivity index (χ0v) is 13.7. The van der Waals surface area contributed by atoms with Crippen molar-refractivity contribution in [1.82, 2.24) is 10.2 Å². The van der Waals surface area contributed by atoms with Gasteiger partial charge in [0.25, 0.3) is 0 Å². The lowest BCUT2D eigenvalue weighted by molar-refractivity contribution is -0.140. The van der Waals surface area contributed by atoms with Crippen molar-refractivity contribution in [2.75, 3.05) is 13.1 Å². The van der Waals surface area contributed by atoms with Crippen LogP contribution in [0.5, 0.6) is 0 Å². The summed E-state index contributed by atoms with van der Waals surface area (Å²) in [5.41, 5.74) is 1.02. The van der Waals surface area contributed by atoms with E-state index in [0.717, 1.165) is 31.4 Å². The van der Waals surface area contributed by atoms with Crippen LogP contribution >= 0.6 is 0 Å². The number of nitrogens with one attached hydrogen (secondary N) is 1. The highest BCUT2D eigenvalue weighted by atomic mass is 16.4. The molecule has 0 bridgehead atoms. The van der Waals surface area contributed by atoms with E-state index in [1.54, 1.807) is 0 Å². The molecule has 2 saturated carbocycles. The molecule has 2 aliphatic rings. The van der Waals surface area contributed by atoms with Gasteiger partial charge < -0.3 is 10.4 Å². The van der Waals surface area contributed by atoms with E-state index in [9.17, 15) is 9.59 Å². The van der Waals surface area contributed by atoms with E-state index < -0.39 is 5.97 Å². The number of carbonyl (C=O) groups is 2. The molecule has 5 heteroatoms. The number of hydrogen-bond donors (Lipinski definition) is 2. The van der Waals surface area contributed by atoms with E-state index in [-0.39, 0.29) is 24.4 Å². The van der Waals surface area contributed by atoms with Crippen LogP contribution in [0.4, 0.5) is 0 Å². The van der Waals surface area contributed by atoms with Gasteiger partial charge in [0.15, 0.2) is 0 Å². The zero-order valence-electron chi connectivity index (χ0n) is 13.7. The second kappa shape index (κ2) is 7.27. The van der Waals surface area contributed by atoms with Crippen LogP contribution in [-0.2, 0) is 9.59 Å². The van der Waals surface area contributed by atoms with Gasteiger partial charge in [0.2, 0.25) is 5.91 Å². The number of allylic oxidation sites excluding steroid dienone is 1. The maximum atomic E-state index is 12.1. The molecule has 0 radical (unpaired) electrons. The molecular weight excluding hydrogens is 280 g/mol. The number of aliphatic carboxylic acids is 1. The fourth-order valence-corrected chi connectivity index (χ4v) is 3.11. The molecular formula is C17H28N2O3. The van der Waals surface area contributed by atoms with E-state index in [1.807, 2.05) is 13.8 Å². The minimum atomic E-state index is -0.761. The fourth-order valence-electron chi connectivity index (χ4n) is 3.11. The van der Waals surface area contributed by atoms with Crippen molar-refractivity contribution in [1.29, 1.82) is 0 Å². The second-order valence-electron chi connectivity index (χ2n) is 7.16.